The number of anilines is 1. The van der Waals surface area contributed by atoms with E-state index in [1.807, 2.05) is 81.4 Å². The number of nitrogens with one attached hydrogen (secondary N) is 1. The minimum Gasteiger partial charge on any atom is -0.497 e. The summed E-state index contributed by atoms with van der Waals surface area (Å²) in [5, 5.41) is 2.98. The number of sulfonamides is 1. The average Bonchev–Trinajstić information content (AvgIpc) is 3.05. The van der Waals surface area contributed by atoms with Crippen molar-refractivity contribution >= 4 is 27.5 Å². The van der Waals surface area contributed by atoms with Gasteiger partial charge in [-0.25, -0.2) is 8.42 Å². The standard InChI is InChI=1S/C36H41N3O5S/c1-5-30-18-12-13-22-33(30)39(45(42,43)32-20-10-7-11-21-32)26-35(40)38(25-29-17-14-19-31(23-29)44-4)34(36(41)37-27(2)3)24-28-15-8-6-9-16-28/h6-23,27,34H,5,24-26H2,1-4H3,(H,37,41)/t34-/m1/s1. The number of carbonyl (C=O) groups excluding carboxylic acids is 2. The van der Waals surface area contributed by atoms with E-state index >= 15 is 0 Å². The summed E-state index contributed by atoms with van der Waals surface area (Å²) in [5.41, 5.74) is 2.81. The quantitative estimate of drug-likeness (QED) is 0.196. The molecule has 0 aliphatic carbocycles. The van der Waals surface area contributed by atoms with E-state index in [4.69, 9.17) is 4.74 Å². The topological polar surface area (TPSA) is 96.0 Å². The third-order valence-corrected chi connectivity index (χ3v) is 9.21. The largest absolute Gasteiger partial charge is 0.497 e. The highest BCUT2D eigenvalue weighted by atomic mass is 32.2. The Hall–Kier alpha value is -4.63. The number of rotatable bonds is 14. The van der Waals surface area contributed by atoms with E-state index in [0.717, 1.165) is 16.7 Å². The summed E-state index contributed by atoms with van der Waals surface area (Å²) >= 11 is 0. The summed E-state index contributed by atoms with van der Waals surface area (Å²) in [7, 11) is -2.59. The molecule has 1 atom stereocenters. The number of hydrogen-bond donors (Lipinski definition) is 1. The number of hydrogen-bond acceptors (Lipinski definition) is 5. The molecular weight excluding hydrogens is 586 g/mol. The summed E-state index contributed by atoms with van der Waals surface area (Å²) < 4.78 is 35.0. The van der Waals surface area contributed by atoms with Crippen molar-refractivity contribution in [1.29, 1.82) is 0 Å². The molecule has 0 unspecified atom stereocenters. The van der Waals surface area contributed by atoms with Crippen LogP contribution in [0.25, 0.3) is 0 Å². The van der Waals surface area contributed by atoms with Gasteiger partial charge in [-0.1, -0.05) is 85.8 Å². The molecule has 4 aromatic rings. The van der Waals surface area contributed by atoms with Gasteiger partial charge in [0.05, 0.1) is 17.7 Å². The lowest BCUT2D eigenvalue weighted by atomic mass is 10.0. The van der Waals surface area contributed by atoms with Crippen LogP contribution in [0.2, 0.25) is 0 Å². The monoisotopic (exact) mass is 627 g/mol. The van der Waals surface area contributed by atoms with E-state index in [0.29, 0.717) is 17.9 Å². The van der Waals surface area contributed by atoms with Gasteiger partial charge < -0.3 is 15.0 Å². The predicted molar refractivity (Wildman–Crippen MR) is 178 cm³/mol. The van der Waals surface area contributed by atoms with E-state index in [-0.39, 0.29) is 29.8 Å². The first kappa shape index (κ1) is 33.3. The fourth-order valence-electron chi connectivity index (χ4n) is 5.19. The van der Waals surface area contributed by atoms with Gasteiger partial charge in [0.1, 0.15) is 18.3 Å². The maximum Gasteiger partial charge on any atom is 0.264 e. The lowest BCUT2D eigenvalue weighted by Gasteiger charge is -2.34. The van der Waals surface area contributed by atoms with Crippen LogP contribution < -0.4 is 14.4 Å². The van der Waals surface area contributed by atoms with Crippen LogP contribution in [-0.4, -0.2) is 50.9 Å². The summed E-state index contributed by atoms with van der Waals surface area (Å²) in [6.07, 6.45) is 0.804. The Balaban J connectivity index is 1.83. The molecule has 0 spiro atoms. The van der Waals surface area contributed by atoms with E-state index in [1.54, 1.807) is 43.5 Å². The first-order chi connectivity index (χ1) is 21.6. The van der Waals surface area contributed by atoms with Crippen LogP contribution in [0.4, 0.5) is 5.69 Å². The minimum atomic E-state index is -4.16. The Morgan fingerprint density at radius 2 is 1.44 bits per heavy atom. The molecule has 1 N–H and O–H groups in total. The number of carbonyl (C=O) groups is 2. The normalized spacial score (nSPS) is 11.9. The first-order valence-electron chi connectivity index (χ1n) is 15.1. The number of para-hydroxylation sites is 1. The number of aryl methyl sites for hydroxylation is 1. The van der Waals surface area contributed by atoms with Crippen LogP contribution in [0, 0.1) is 0 Å². The molecule has 0 aromatic heterocycles. The highest BCUT2D eigenvalue weighted by Gasteiger charge is 2.35. The van der Waals surface area contributed by atoms with Crippen LogP contribution in [-0.2, 0) is 39.0 Å². The molecule has 0 radical (unpaired) electrons. The second-order valence-electron chi connectivity index (χ2n) is 11.0. The Labute approximate surface area is 266 Å². The second-order valence-corrected chi connectivity index (χ2v) is 12.9. The molecule has 0 aliphatic heterocycles. The highest BCUT2D eigenvalue weighted by Crippen LogP contribution is 2.28. The summed E-state index contributed by atoms with van der Waals surface area (Å²) in [6, 6.07) is 30.9. The van der Waals surface area contributed by atoms with Crippen LogP contribution >= 0.6 is 0 Å². The zero-order chi connectivity index (χ0) is 32.4. The van der Waals surface area contributed by atoms with Crippen molar-refractivity contribution in [3.63, 3.8) is 0 Å². The summed E-state index contributed by atoms with van der Waals surface area (Å²) in [6.45, 7) is 5.23. The van der Waals surface area contributed by atoms with Crippen LogP contribution in [0.1, 0.15) is 37.5 Å². The Kier molecular flexibility index (Phi) is 11.4. The molecule has 8 nitrogen and oxygen atoms in total. The molecular formula is C36H41N3O5S. The smallest absolute Gasteiger partial charge is 0.264 e. The Morgan fingerprint density at radius 3 is 2.09 bits per heavy atom. The van der Waals surface area contributed by atoms with E-state index < -0.39 is 28.5 Å². The second kappa shape index (κ2) is 15.4. The van der Waals surface area contributed by atoms with Crippen molar-refractivity contribution in [2.75, 3.05) is 18.0 Å². The molecule has 0 heterocycles. The van der Waals surface area contributed by atoms with Gasteiger partial charge in [-0.15, -0.1) is 0 Å². The number of ether oxygens (including phenoxy) is 1. The zero-order valence-electron chi connectivity index (χ0n) is 26.2. The molecule has 0 saturated carbocycles. The van der Waals surface area contributed by atoms with E-state index in [1.165, 1.54) is 21.3 Å². The first-order valence-corrected chi connectivity index (χ1v) is 16.5. The van der Waals surface area contributed by atoms with Gasteiger partial charge in [-0.05, 0) is 67.3 Å². The predicted octanol–water partition coefficient (Wildman–Crippen LogP) is 5.62. The van der Waals surface area contributed by atoms with Gasteiger partial charge >= 0.3 is 0 Å². The molecule has 9 heteroatoms. The molecule has 236 valence electrons. The zero-order valence-corrected chi connectivity index (χ0v) is 27.0. The van der Waals surface area contributed by atoms with E-state index in [9.17, 15) is 18.0 Å². The fourth-order valence-corrected chi connectivity index (χ4v) is 6.66. The molecule has 0 aliphatic rings. The highest BCUT2D eigenvalue weighted by molar-refractivity contribution is 7.92. The molecule has 0 saturated heterocycles. The van der Waals surface area contributed by atoms with Gasteiger partial charge in [-0.2, -0.15) is 0 Å². The van der Waals surface area contributed by atoms with Crippen molar-refractivity contribution in [3.8, 4) is 5.75 Å². The van der Waals surface area contributed by atoms with Gasteiger partial charge in [0.25, 0.3) is 10.0 Å². The third kappa shape index (κ3) is 8.51. The third-order valence-electron chi connectivity index (χ3n) is 7.44. The molecule has 45 heavy (non-hydrogen) atoms. The average molecular weight is 628 g/mol. The maximum absolute atomic E-state index is 14.6. The molecule has 4 aromatic carbocycles. The molecule has 0 bridgehead atoms. The minimum absolute atomic E-state index is 0.0632. The van der Waals surface area contributed by atoms with Gasteiger partial charge in [0.2, 0.25) is 11.8 Å². The van der Waals surface area contributed by atoms with Gasteiger partial charge in [-0.3, -0.25) is 13.9 Å². The number of amides is 2. The molecule has 0 fully saturated rings. The summed E-state index contributed by atoms with van der Waals surface area (Å²) in [5.74, 6) is -0.226. The molecule has 4 rings (SSSR count). The van der Waals surface area contributed by atoms with Crippen LogP contribution in [0.15, 0.2) is 114 Å². The Morgan fingerprint density at radius 1 is 0.822 bits per heavy atom. The maximum atomic E-state index is 14.6. The van der Waals surface area contributed by atoms with Crippen molar-refractivity contribution in [1.82, 2.24) is 10.2 Å². The van der Waals surface area contributed by atoms with Crippen LogP contribution in [0.5, 0.6) is 5.75 Å². The van der Waals surface area contributed by atoms with Crippen molar-refractivity contribution in [2.45, 2.75) is 57.1 Å². The van der Waals surface area contributed by atoms with Crippen molar-refractivity contribution in [2.24, 2.45) is 0 Å². The van der Waals surface area contributed by atoms with Crippen LogP contribution in [0.3, 0.4) is 0 Å². The Bertz CT molecular complexity index is 1680. The fraction of sp³-hybridized carbons (Fsp3) is 0.278. The number of nitrogens with zero attached hydrogens (tertiary/aromatic N) is 2. The summed E-state index contributed by atoms with van der Waals surface area (Å²) in [4.78, 5) is 30.0. The lowest BCUT2D eigenvalue weighted by molar-refractivity contribution is -0.140. The SMILES string of the molecule is CCc1ccccc1N(CC(=O)N(Cc1cccc(OC)c1)[C@H](Cc1ccccc1)C(=O)NC(C)C)S(=O)(=O)c1ccccc1. The lowest BCUT2D eigenvalue weighted by Crippen LogP contribution is -2.54. The van der Waals surface area contributed by atoms with E-state index in [2.05, 4.69) is 5.32 Å². The number of benzene rings is 4. The molecule has 2 amide bonds. The van der Waals surface area contributed by atoms with Gasteiger partial charge in [0, 0.05) is 19.0 Å². The van der Waals surface area contributed by atoms with Gasteiger partial charge in [0.15, 0.2) is 0 Å². The van der Waals surface area contributed by atoms with Crippen molar-refractivity contribution < 1.29 is 22.7 Å². The van der Waals surface area contributed by atoms with Crippen molar-refractivity contribution in [3.05, 3.63) is 126 Å². The number of methoxy groups -OCH3 is 1.